The van der Waals surface area contributed by atoms with E-state index in [4.69, 9.17) is 0 Å². The first-order valence-corrected chi connectivity index (χ1v) is 13.0. The Morgan fingerprint density at radius 2 is 1.95 bits per heavy atom. The summed E-state index contributed by atoms with van der Waals surface area (Å²) in [5, 5.41) is 12.0. The van der Waals surface area contributed by atoms with E-state index in [1.165, 1.54) is 0 Å². The third-order valence-corrected chi connectivity index (χ3v) is 8.49. The maximum absolute atomic E-state index is 13.8. The molecule has 3 atom stereocenters. The number of carbonyl (C=O) groups is 1. The zero-order chi connectivity index (χ0) is 27.1. The molecule has 0 spiro atoms. The molecule has 202 valence electrons. The molecule has 2 amide bonds. The average Bonchev–Trinajstić information content (AvgIpc) is 3.52. The second-order valence-electron chi connectivity index (χ2n) is 10.7. The fraction of sp³-hybridized carbons (Fsp3) is 0.500. The summed E-state index contributed by atoms with van der Waals surface area (Å²) in [6.45, 7) is 4.76. The monoisotopic (exact) mass is 529 g/mol. The number of piperazine rings is 1. The lowest BCUT2D eigenvalue weighted by atomic mass is 9.92. The van der Waals surface area contributed by atoms with Crippen molar-refractivity contribution < 1.29 is 22.4 Å². The van der Waals surface area contributed by atoms with Crippen LogP contribution in [0.15, 0.2) is 42.5 Å². The molecule has 1 heterocycles. The van der Waals surface area contributed by atoms with Crippen LogP contribution in [0.1, 0.15) is 36.0 Å². The molecule has 2 saturated carbocycles. The number of nitrogens with one attached hydrogen (secondary N) is 1. The van der Waals surface area contributed by atoms with E-state index >= 15 is 0 Å². The predicted octanol–water partition coefficient (Wildman–Crippen LogP) is 4.92. The van der Waals surface area contributed by atoms with Gasteiger partial charge in [-0.05, 0) is 68.1 Å². The third-order valence-electron chi connectivity index (χ3n) is 8.49. The van der Waals surface area contributed by atoms with Crippen molar-refractivity contribution in [2.45, 2.75) is 36.9 Å². The Morgan fingerprint density at radius 3 is 2.63 bits per heavy atom. The lowest BCUT2D eigenvalue weighted by molar-refractivity contribution is -0.139. The Bertz CT molecular complexity index is 1240. The molecule has 2 aliphatic carbocycles. The molecule has 0 unspecified atom stereocenters. The number of nitrogens with zero attached hydrogens (tertiary/aromatic N) is 4. The molecule has 1 N–H and O–H groups in total. The normalized spacial score (nSPS) is 25.5. The molecule has 1 saturated heterocycles. The van der Waals surface area contributed by atoms with Gasteiger partial charge in [0, 0.05) is 56.4 Å². The molecule has 0 bridgehead atoms. The molecule has 5 rings (SSSR count). The standard InChI is InChI=1S/C28H31F4N5O/c1-35-9-11-36(12-10-35)13-14-37(26(38)34-21-5-6-24(29)22(16-21)28(30,31)32)25-7-8-27(17-23(25)27)20-4-2-3-19(15-20)18-33/h2-6,15-16,23,25H,7-14,17H2,1H3,(H,34,38)/t23-,25-,27-/m1/s1. The van der Waals surface area contributed by atoms with E-state index in [-0.39, 0.29) is 23.1 Å². The summed E-state index contributed by atoms with van der Waals surface area (Å²) in [4.78, 5) is 19.9. The second-order valence-corrected chi connectivity index (χ2v) is 10.7. The van der Waals surface area contributed by atoms with Crippen molar-refractivity contribution in [3.63, 3.8) is 0 Å². The summed E-state index contributed by atoms with van der Waals surface area (Å²) < 4.78 is 53.5. The summed E-state index contributed by atoms with van der Waals surface area (Å²) in [6, 6.07) is 11.8. The maximum atomic E-state index is 13.8. The van der Waals surface area contributed by atoms with E-state index in [0.717, 1.165) is 63.1 Å². The number of alkyl halides is 3. The smallest absolute Gasteiger partial charge is 0.320 e. The van der Waals surface area contributed by atoms with Gasteiger partial charge in [-0.25, -0.2) is 9.18 Å². The summed E-state index contributed by atoms with van der Waals surface area (Å²) in [5.74, 6) is -1.16. The zero-order valence-electron chi connectivity index (χ0n) is 21.3. The molecule has 0 aromatic heterocycles. The van der Waals surface area contributed by atoms with Gasteiger partial charge in [0.15, 0.2) is 0 Å². The van der Waals surface area contributed by atoms with Crippen molar-refractivity contribution in [1.82, 2.24) is 14.7 Å². The van der Waals surface area contributed by atoms with Crippen molar-refractivity contribution in [3.05, 3.63) is 65.0 Å². The van der Waals surface area contributed by atoms with E-state index in [1.807, 2.05) is 18.2 Å². The number of likely N-dealkylation sites (N-methyl/N-ethyl adjacent to an activating group) is 1. The summed E-state index contributed by atoms with van der Waals surface area (Å²) in [6.07, 6.45) is -2.30. The Labute approximate surface area is 219 Å². The Hall–Kier alpha value is -3.16. The van der Waals surface area contributed by atoms with Crippen molar-refractivity contribution >= 4 is 11.7 Å². The van der Waals surface area contributed by atoms with Gasteiger partial charge in [-0.15, -0.1) is 0 Å². The number of nitriles is 1. The molecule has 2 aromatic carbocycles. The largest absolute Gasteiger partial charge is 0.419 e. The van der Waals surface area contributed by atoms with Crippen LogP contribution in [0.25, 0.3) is 0 Å². The first-order chi connectivity index (χ1) is 18.1. The van der Waals surface area contributed by atoms with Crippen LogP contribution in [0, 0.1) is 23.1 Å². The molecular formula is C28H31F4N5O. The molecule has 3 aliphatic rings. The number of hydrogen-bond acceptors (Lipinski definition) is 4. The van der Waals surface area contributed by atoms with Gasteiger partial charge >= 0.3 is 12.2 Å². The molecule has 2 aromatic rings. The van der Waals surface area contributed by atoms with E-state index in [0.29, 0.717) is 24.7 Å². The zero-order valence-corrected chi connectivity index (χ0v) is 21.3. The van der Waals surface area contributed by atoms with Gasteiger partial charge in [0.05, 0.1) is 17.2 Å². The fourth-order valence-electron chi connectivity index (χ4n) is 6.23. The molecule has 38 heavy (non-hydrogen) atoms. The van der Waals surface area contributed by atoms with Crippen LogP contribution < -0.4 is 5.32 Å². The van der Waals surface area contributed by atoms with E-state index < -0.39 is 23.6 Å². The van der Waals surface area contributed by atoms with Gasteiger partial charge in [0.25, 0.3) is 0 Å². The number of anilines is 1. The van der Waals surface area contributed by atoms with Crippen molar-refractivity contribution in [3.8, 4) is 6.07 Å². The highest BCUT2D eigenvalue weighted by atomic mass is 19.4. The van der Waals surface area contributed by atoms with Gasteiger partial charge in [-0.3, -0.25) is 4.90 Å². The summed E-state index contributed by atoms with van der Waals surface area (Å²) in [7, 11) is 2.07. The number of benzene rings is 2. The quantitative estimate of drug-likeness (QED) is 0.540. The molecular weight excluding hydrogens is 498 g/mol. The van der Waals surface area contributed by atoms with E-state index in [9.17, 15) is 27.6 Å². The predicted molar refractivity (Wildman–Crippen MR) is 135 cm³/mol. The molecule has 3 fully saturated rings. The molecule has 6 nitrogen and oxygen atoms in total. The SMILES string of the molecule is CN1CCN(CCN(C(=O)Nc2ccc(F)c(C(F)(F)F)c2)[C@@H]2CC[C@]3(c4cccc(C#N)c4)C[C@H]23)CC1. The minimum Gasteiger partial charge on any atom is -0.320 e. The highest BCUT2D eigenvalue weighted by molar-refractivity contribution is 5.89. The highest BCUT2D eigenvalue weighted by Gasteiger charge is 2.64. The minimum atomic E-state index is -4.86. The topological polar surface area (TPSA) is 62.6 Å². The van der Waals surface area contributed by atoms with Crippen LogP contribution in [-0.2, 0) is 11.6 Å². The molecule has 0 radical (unpaired) electrons. The van der Waals surface area contributed by atoms with Gasteiger partial charge in [0.2, 0.25) is 0 Å². The van der Waals surface area contributed by atoms with Crippen LogP contribution in [0.3, 0.4) is 0 Å². The second kappa shape index (κ2) is 10.2. The highest BCUT2D eigenvalue weighted by Crippen LogP contribution is 2.65. The number of urea groups is 1. The first-order valence-electron chi connectivity index (χ1n) is 13.0. The number of amides is 2. The minimum absolute atomic E-state index is 0.0734. The average molecular weight is 530 g/mol. The van der Waals surface area contributed by atoms with Crippen LogP contribution in [0.5, 0.6) is 0 Å². The Kier molecular flexibility index (Phi) is 7.09. The van der Waals surface area contributed by atoms with E-state index in [2.05, 4.69) is 28.2 Å². The van der Waals surface area contributed by atoms with Crippen molar-refractivity contribution in [2.24, 2.45) is 5.92 Å². The lowest BCUT2D eigenvalue weighted by Crippen LogP contribution is -2.50. The molecule has 1 aliphatic heterocycles. The first kappa shape index (κ1) is 26.4. The lowest BCUT2D eigenvalue weighted by Gasteiger charge is -2.36. The van der Waals surface area contributed by atoms with Gasteiger partial charge in [0.1, 0.15) is 5.82 Å². The Balaban J connectivity index is 1.35. The number of fused-ring (bicyclic) bond motifs is 1. The molecule has 10 heteroatoms. The van der Waals surface area contributed by atoms with Gasteiger partial charge in [-0.2, -0.15) is 18.4 Å². The number of halogens is 4. The van der Waals surface area contributed by atoms with Crippen LogP contribution in [0.4, 0.5) is 28.0 Å². The summed E-state index contributed by atoms with van der Waals surface area (Å²) >= 11 is 0. The number of carbonyl (C=O) groups excluding carboxylic acids is 1. The number of rotatable bonds is 6. The fourth-order valence-corrected chi connectivity index (χ4v) is 6.23. The van der Waals surface area contributed by atoms with Crippen LogP contribution in [0.2, 0.25) is 0 Å². The van der Waals surface area contributed by atoms with Crippen LogP contribution in [-0.4, -0.2) is 73.1 Å². The Morgan fingerprint density at radius 1 is 1.18 bits per heavy atom. The third kappa shape index (κ3) is 5.22. The van der Waals surface area contributed by atoms with E-state index in [1.54, 1.807) is 11.0 Å². The van der Waals surface area contributed by atoms with Crippen molar-refractivity contribution in [1.29, 1.82) is 5.26 Å². The van der Waals surface area contributed by atoms with Crippen LogP contribution >= 0.6 is 0 Å². The van der Waals surface area contributed by atoms with Gasteiger partial charge < -0.3 is 15.1 Å². The number of hydrogen-bond donors (Lipinski definition) is 1. The summed E-state index contributed by atoms with van der Waals surface area (Å²) in [5.41, 5.74) is 0.140. The van der Waals surface area contributed by atoms with Crippen molar-refractivity contribution in [2.75, 3.05) is 51.6 Å². The maximum Gasteiger partial charge on any atom is 0.419 e. The van der Waals surface area contributed by atoms with Gasteiger partial charge in [-0.1, -0.05) is 12.1 Å².